The van der Waals surface area contributed by atoms with Crippen LogP contribution in [-0.2, 0) is 0 Å². The van der Waals surface area contributed by atoms with Gasteiger partial charge in [-0.15, -0.1) is 0 Å². The summed E-state index contributed by atoms with van der Waals surface area (Å²) in [4.78, 5) is 13.5. The Morgan fingerprint density at radius 3 is 2.56 bits per heavy atom. The summed E-state index contributed by atoms with van der Waals surface area (Å²) in [6, 6.07) is 0.436. The molecule has 4 heteroatoms. The molecule has 0 aromatic heterocycles. The number of carbonyl (C=O) groups excluding carboxylic acids is 1. The molecule has 0 unspecified atom stereocenters. The van der Waals surface area contributed by atoms with Crippen molar-refractivity contribution in [2.45, 2.75) is 53.0 Å². The van der Waals surface area contributed by atoms with E-state index in [2.05, 4.69) is 29.0 Å². The fourth-order valence-corrected chi connectivity index (χ4v) is 2.07. The molecule has 0 radical (unpaired) electrons. The van der Waals surface area contributed by atoms with E-state index in [4.69, 9.17) is 0 Å². The molecule has 0 aliphatic carbocycles. The van der Waals surface area contributed by atoms with Crippen LogP contribution in [0.3, 0.4) is 0 Å². The van der Waals surface area contributed by atoms with Crippen molar-refractivity contribution in [2.24, 2.45) is 0 Å². The van der Waals surface area contributed by atoms with Gasteiger partial charge in [-0.3, -0.25) is 0 Å². The summed E-state index contributed by atoms with van der Waals surface area (Å²) in [5.41, 5.74) is 1.01. The van der Waals surface area contributed by atoms with Crippen molar-refractivity contribution < 1.29 is 4.79 Å². The molecule has 1 aliphatic rings. The predicted molar refractivity (Wildman–Crippen MR) is 77.6 cm³/mol. The molecule has 1 rings (SSSR count). The largest absolute Gasteiger partial charge is 0.371 e. The molecule has 0 aromatic carbocycles. The van der Waals surface area contributed by atoms with E-state index in [0.29, 0.717) is 19.1 Å². The third-order valence-corrected chi connectivity index (χ3v) is 3.00. The van der Waals surface area contributed by atoms with E-state index >= 15 is 0 Å². The van der Waals surface area contributed by atoms with Gasteiger partial charge in [-0.1, -0.05) is 20.4 Å². The Hall–Kier alpha value is -1.19. The first-order valence-electron chi connectivity index (χ1n) is 7.11. The van der Waals surface area contributed by atoms with Gasteiger partial charge in [0.05, 0.1) is 6.54 Å². The number of piperidine rings is 1. The van der Waals surface area contributed by atoms with Crippen LogP contribution in [0.25, 0.3) is 0 Å². The summed E-state index contributed by atoms with van der Waals surface area (Å²) < 4.78 is 0. The highest BCUT2D eigenvalue weighted by molar-refractivity contribution is 5.73. The fourth-order valence-electron chi connectivity index (χ4n) is 2.07. The van der Waals surface area contributed by atoms with Crippen LogP contribution in [0.15, 0.2) is 12.3 Å². The second-order valence-corrected chi connectivity index (χ2v) is 4.32. The number of nitrogens with one attached hydrogen (secondary N) is 2. The number of likely N-dealkylation sites (tertiary alicyclic amines) is 1. The highest BCUT2D eigenvalue weighted by Gasteiger charge is 2.19. The maximum atomic E-state index is 11.2. The van der Waals surface area contributed by atoms with Gasteiger partial charge in [-0.05, 0) is 33.1 Å². The lowest BCUT2D eigenvalue weighted by molar-refractivity contribution is 0.203. The van der Waals surface area contributed by atoms with Crippen molar-refractivity contribution >= 4 is 6.03 Å². The summed E-state index contributed by atoms with van der Waals surface area (Å²) in [7, 11) is 0. The molecular weight excluding hydrogens is 226 g/mol. The molecule has 18 heavy (non-hydrogen) atoms. The zero-order chi connectivity index (χ0) is 14.0. The first-order chi connectivity index (χ1) is 8.65. The molecule has 0 bridgehead atoms. The summed E-state index contributed by atoms with van der Waals surface area (Å²) in [5.74, 6) is 0. The van der Waals surface area contributed by atoms with Crippen LogP contribution in [0.4, 0.5) is 4.79 Å². The highest BCUT2D eigenvalue weighted by Crippen LogP contribution is 2.19. The van der Waals surface area contributed by atoms with Crippen LogP contribution in [0.2, 0.25) is 0 Å². The Bertz CT molecular complexity index is 253. The third kappa shape index (κ3) is 5.94. The monoisotopic (exact) mass is 255 g/mol. The van der Waals surface area contributed by atoms with Gasteiger partial charge >= 0.3 is 6.03 Å². The summed E-state index contributed by atoms with van der Waals surface area (Å²) in [5, 5.41) is 5.52. The summed E-state index contributed by atoms with van der Waals surface area (Å²) in [6.45, 7) is 14.4. The van der Waals surface area contributed by atoms with E-state index in [1.165, 1.54) is 19.3 Å². The topological polar surface area (TPSA) is 44.4 Å². The molecule has 0 spiro atoms. The van der Waals surface area contributed by atoms with Crippen molar-refractivity contribution in [2.75, 3.05) is 19.6 Å². The van der Waals surface area contributed by atoms with Gasteiger partial charge < -0.3 is 15.5 Å². The second kappa shape index (κ2) is 9.80. The first kappa shape index (κ1) is 16.8. The van der Waals surface area contributed by atoms with Crippen molar-refractivity contribution in [3.63, 3.8) is 0 Å². The molecule has 1 atom stereocenters. The lowest BCUT2D eigenvalue weighted by Gasteiger charge is -2.36. The fraction of sp³-hybridized carbons (Fsp3) is 0.786. The molecule has 1 fully saturated rings. The molecule has 1 aliphatic heterocycles. The number of hydrogen-bond donors (Lipinski definition) is 2. The number of carbonyl (C=O) groups is 1. The summed E-state index contributed by atoms with van der Waals surface area (Å²) in [6.07, 6.45) is 3.75. The van der Waals surface area contributed by atoms with Crippen LogP contribution in [0, 0.1) is 0 Å². The van der Waals surface area contributed by atoms with E-state index in [0.717, 1.165) is 12.2 Å². The SMILES string of the molecule is C=C(CNC(=O)NCC)N1CCCC[C@@H]1C.CC. The maximum Gasteiger partial charge on any atom is 0.315 e. The quantitative estimate of drug-likeness (QED) is 0.811. The zero-order valence-electron chi connectivity index (χ0n) is 12.4. The number of amides is 2. The number of urea groups is 1. The van der Waals surface area contributed by atoms with Crippen LogP contribution in [0.1, 0.15) is 47.0 Å². The lowest BCUT2D eigenvalue weighted by atomic mass is 10.0. The third-order valence-electron chi connectivity index (χ3n) is 3.00. The van der Waals surface area contributed by atoms with Gasteiger partial charge in [0.25, 0.3) is 0 Å². The standard InChI is InChI=1S/C12H23N3O.C2H6/c1-4-13-12(16)14-9-11(3)15-8-6-5-7-10(15)2;1-2/h10H,3-9H2,1-2H3,(H2,13,14,16);1-2H3/t10-;/m0./s1. The van der Waals surface area contributed by atoms with Gasteiger partial charge in [0, 0.05) is 24.8 Å². The molecule has 1 heterocycles. The Labute approximate surface area is 112 Å². The molecule has 1 saturated heterocycles. The molecule has 106 valence electrons. The van der Waals surface area contributed by atoms with Crippen LogP contribution in [-0.4, -0.2) is 36.6 Å². The van der Waals surface area contributed by atoms with E-state index < -0.39 is 0 Å². The van der Waals surface area contributed by atoms with Crippen molar-refractivity contribution in [1.29, 1.82) is 0 Å². The maximum absolute atomic E-state index is 11.2. The van der Waals surface area contributed by atoms with Crippen molar-refractivity contribution in [1.82, 2.24) is 15.5 Å². The molecule has 2 N–H and O–H groups in total. The molecule has 2 amide bonds. The molecule has 4 nitrogen and oxygen atoms in total. The van der Waals surface area contributed by atoms with Crippen LogP contribution in [0.5, 0.6) is 0 Å². The smallest absolute Gasteiger partial charge is 0.315 e. The minimum Gasteiger partial charge on any atom is -0.371 e. The minimum absolute atomic E-state index is 0.117. The molecular formula is C14H29N3O. The second-order valence-electron chi connectivity index (χ2n) is 4.32. The number of hydrogen-bond acceptors (Lipinski definition) is 2. The van der Waals surface area contributed by atoms with E-state index in [-0.39, 0.29) is 6.03 Å². The van der Waals surface area contributed by atoms with Gasteiger partial charge in [0.2, 0.25) is 0 Å². The Morgan fingerprint density at radius 1 is 1.33 bits per heavy atom. The molecule has 0 saturated carbocycles. The lowest BCUT2D eigenvalue weighted by Crippen LogP contribution is -2.42. The van der Waals surface area contributed by atoms with Crippen LogP contribution < -0.4 is 10.6 Å². The normalized spacial score (nSPS) is 18.4. The average Bonchev–Trinajstić information content (AvgIpc) is 2.39. The van der Waals surface area contributed by atoms with Gasteiger partial charge in [0.15, 0.2) is 0 Å². The van der Waals surface area contributed by atoms with Crippen molar-refractivity contribution in [3.05, 3.63) is 12.3 Å². The number of rotatable bonds is 4. The van der Waals surface area contributed by atoms with Crippen molar-refractivity contribution in [3.8, 4) is 0 Å². The Kier molecular flexibility index (Phi) is 9.15. The van der Waals surface area contributed by atoms with Gasteiger partial charge in [0.1, 0.15) is 0 Å². The summed E-state index contributed by atoms with van der Waals surface area (Å²) >= 11 is 0. The molecule has 0 aromatic rings. The van der Waals surface area contributed by atoms with E-state index in [1.807, 2.05) is 20.8 Å². The Morgan fingerprint density at radius 2 is 2.00 bits per heavy atom. The highest BCUT2D eigenvalue weighted by atomic mass is 16.2. The van der Waals surface area contributed by atoms with Gasteiger partial charge in [-0.2, -0.15) is 0 Å². The van der Waals surface area contributed by atoms with E-state index in [1.54, 1.807) is 0 Å². The zero-order valence-corrected chi connectivity index (χ0v) is 12.4. The van der Waals surface area contributed by atoms with E-state index in [9.17, 15) is 4.79 Å². The minimum atomic E-state index is -0.117. The predicted octanol–water partition coefficient (Wildman–Crippen LogP) is 2.72. The van der Waals surface area contributed by atoms with Crippen LogP contribution >= 0.6 is 0 Å². The average molecular weight is 255 g/mol. The first-order valence-corrected chi connectivity index (χ1v) is 7.11. The van der Waals surface area contributed by atoms with Gasteiger partial charge in [-0.25, -0.2) is 4.79 Å². The number of nitrogens with zero attached hydrogens (tertiary/aromatic N) is 1. The Balaban J connectivity index is 0.00000137.